The van der Waals surface area contributed by atoms with E-state index in [1.165, 1.54) is 6.92 Å². The third-order valence-corrected chi connectivity index (χ3v) is 4.77. The standard InChI is InChI=1S/C16H24N2O2S.I2/c1-12(18(3)4)10-21-11-15(8-13(2)19)16(20)14-6-5-7-17-9-14;1-2/h5-7,9,12,15H,8,10-11H2,1-4H3;. The van der Waals surface area contributed by atoms with Crippen LogP contribution >= 0.6 is 49.0 Å². The Morgan fingerprint density at radius 1 is 1.30 bits per heavy atom. The lowest BCUT2D eigenvalue weighted by Gasteiger charge is -2.20. The van der Waals surface area contributed by atoms with Crippen molar-refractivity contribution in [3.8, 4) is 0 Å². The second kappa shape index (κ2) is 13.5. The molecule has 4 nitrogen and oxygen atoms in total. The van der Waals surface area contributed by atoms with Gasteiger partial charge >= 0.3 is 0 Å². The van der Waals surface area contributed by atoms with Crippen LogP contribution in [0.3, 0.4) is 0 Å². The fourth-order valence-corrected chi connectivity index (χ4v) is 3.18. The predicted octanol–water partition coefficient (Wildman–Crippen LogP) is 4.31. The maximum atomic E-state index is 12.5. The van der Waals surface area contributed by atoms with Crippen LogP contribution in [0, 0.1) is 5.92 Å². The molecule has 0 aromatic carbocycles. The van der Waals surface area contributed by atoms with Gasteiger partial charge in [-0.15, -0.1) is 0 Å². The summed E-state index contributed by atoms with van der Waals surface area (Å²) in [5.41, 5.74) is 0.588. The highest BCUT2D eigenvalue weighted by Gasteiger charge is 2.22. The Morgan fingerprint density at radius 2 is 1.96 bits per heavy atom. The van der Waals surface area contributed by atoms with Crippen LogP contribution in [0.15, 0.2) is 24.5 Å². The molecular weight excluding hydrogens is 538 g/mol. The second-order valence-electron chi connectivity index (χ2n) is 5.56. The molecule has 1 aromatic heterocycles. The number of hydrogen-bond acceptors (Lipinski definition) is 5. The van der Waals surface area contributed by atoms with Crippen LogP contribution in [0.2, 0.25) is 0 Å². The molecule has 0 saturated heterocycles. The quantitative estimate of drug-likeness (QED) is 0.332. The fourth-order valence-electron chi connectivity index (χ4n) is 1.85. The largest absolute Gasteiger partial charge is 0.306 e. The summed E-state index contributed by atoms with van der Waals surface area (Å²) < 4.78 is 0. The predicted molar refractivity (Wildman–Crippen MR) is 116 cm³/mol. The Kier molecular flexibility index (Phi) is 13.7. The van der Waals surface area contributed by atoms with Gasteiger partial charge in [-0.05, 0) is 40.1 Å². The normalized spacial score (nSPS) is 13.0. The average Bonchev–Trinajstić information content (AvgIpc) is 2.55. The SMILES string of the molecule is CC(=O)CC(CSCC(C)N(C)C)C(=O)c1cccnc1.II. The Labute approximate surface area is 166 Å². The highest BCUT2D eigenvalue weighted by atomic mass is 128. The van der Waals surface area contributed by atoms with Crippen molar-refractivity contribution < 1.29 is 9.59 Å². The van der Waals surface area contributed by atoms with Gasteiger partial charge in [-0.1, -0.05) is 0 Å². The van der Waals surface area contributed by atoms with Crippen LogP contribution in [-0.4, -0.2) is 53.1 Å². The van der Waals surface area contributed by atoms with Gasteiger partial charge in [-0.25, -0.2) is 0 Å². The van der Waals surface area contributed by atoms with Crippen molar-refractivity contribution in [2.24, 2.45) is 5.92 Å². The van der Waals surface area contributed by atoms with Crippen molar-refractivity contribution in [3.63, 3.8) is 0 Å². The van der Waals surface area contributed by atoms with E-state index in [1.807, 2.05) is 14.1 Å². The van der Waals surface area contributed by atoms with Gasteiger partial charge in [0.25, 0.3) is 0 Å². The number of carbonyl (C=O) groups excluding carboxylic acids is 2. The van der Waals surface area contributed by atoms with E-state index >= 15 is 0 Å². The van der Waals surface area contributed by atoms with Gasteiger partial charge < -0.3 is 9.69 Å². The van der Waals surface area contributed by atoms with Crippen LogP contribution in [0.5, 0.6) is 0 Å². The number of Topliss-reactive ketones (excluding diaryl/α,β-unsaturated/α-hetero) is 2. The van der Waals surface area contributed by atoms with Gasteiger partial charge in [0.15, 0.2) is 5.78 Å². The van der Waals surface area contributed by atoms with Gasteiger partial charge in [-0.2, -0.15) is 11.8 Å². The molecule has 0 radical (unpaired) electrons. The number of ketones is 2. The zero-order chi connectivity index (χ0) is 17.8. The molecule has 2 unspecified atom stereocenters. The van der Waals surface area contributed by atoms with Gasteiger partial charge in [-0.3, -0.25) is 9.78 Å². The Hall–Kier alpha value is 0.260. The molecule has 0 fully saturated rings. The van der Waals surface area contributed by atoms with Gasteiger partial charge in [0.2, 0.25) is 0 Å². The molecule has 7 heteroatoms. The summed E-state index contributed by atoms with van der Waals surface area (Å²) >= 11 is 5.97. The summed E-state index contributed by atoms with van der Waals surface area (Å²) in [4.78, 5) is 30.0. The molecule has 0 amide bonds. The number of carbonyl (C=O) groups is 2. The van der Waals surface area contributed by atoms with E-state index in [0.717, 1.165) is 5.75 Å². The minimum atomic E-state index is -0.258. The van der Waals surface area contributed by atoms with Crippen molar-refractivity contribution in [1.29, 1.82) is 0 Å². The molecule has 0 aliphatic carbocycles. The summed E-state index contributed by atoms with van der Waals surface area (Å²) in [6.07, 6.45) is 3.52. The Bertz CT molecular complexity index is 472. The Morgan fingerprint density at radius 3 is 2.43 bits per heavy atom. The van der Waals surface area contributed by atoms with E-state index in [0.29, 0.717) is 23.8 Å². The monoisotopic (exact) mass is 562 g/mol. The van der Waals surface area contributed by atoms with Crippen LogP contribution in [0.25, 0.3) is 0 Å². The first-order chi connectivity index (χ1) is 10.9. The molecule has 130 valence electrons. The van der Waals surface area contributed by atoms with Gasteiger partial charge in [0, 0.05) is 85.1 Å². The van der Waals surface area contributed by atoms with Crippen molar-refractivity contribution in [2.45, 2.75) is 26.3 Å². The average molecular weight is 562 g/mol. The highest BCUT2D eigenvalue weighted by molar-refractivity contribution is 15.0. The number of rotatable bonds is 9. The minimum absolute atomic E-state index is 0.0170. The summed E-state index contributed by atoms with van der Waals surface area (Å²) in [5.74, 6) is 1.43. The zero-order valence-corrected chi connectivity index (χ0v) is 19.1. The fraction of sp³-hybridized carbons (Fsp3) is 0.562. The third-order valence-electron chi connectivity index (χ3n) is 3.41. The maximum Gasteiger partial charge on any atom is 0.168 e. The molecule has 1 heterocycles. The highest BCUT2D eigenvalue weighted by Crippen LogP contribution is 2.19. The van der Waals surface area contributed by atoms with E-state index in [2.05, 4.69) is 54.0 Å². The molecule has 1 aromatic rings. The van der Waals surface area contributed by atoms with Crippen molar-refractivity contribution >= 4 is 60.6 Å². The molecule has 23 heavy (non-hydrogen) atoms. The van der Waals surface area contributed by atoms with E-state index in [1.54, 1.807) is 36.3 Å². The number of thioether (sulfide) groups is 1. The van der Waals surface area contributed by atoms with E-state index in [-0.39, 0.29) is 17.5 Å². The van der Waals surface area contributed by atoms with Crippen molar-refractivity contribution in [1.82, 2.24) is 9.88 Å². The van der Waals surface area contributed by atoms with Gasteiger partial charge in [0.1, 0.15) is 5.78 Å². The lowest BCUT2D eigenvalue weighted by molar-refractivity contribution is -0.117. The van der Waals surface area contributed by atoms with Crippen LogP contribution in [0.4, 0.5) is 0 Å². The van der Waals surface area contributed by atoms with Crippen molar-refractivity contribution in [2.75, 3.05) is 25.6 Å². The summed E-state index contributed by atoms with van der Waals surface area (Å²) in [5, 5.41) is 0. The lowest BCUT2D eigenvalue weighted by Crippen LogP contribution is -2.28. The van der Waals surface area contributed by atoms with Crippen molar-refractivity contribution in [3.05, 3.63) is 30.1 Å². The van der Waals surface area contributed by atoms with E-state index in [9.17, 15) is 9.59 Å². The topological polar surface area (TPSA) is 50.3 Å². The van der Waals surface area contributed by atoms with Crippen LogP contribution < -0.4 is 0 Å². The molecule has 0 aliphatic heterocycles. The molecule has 0 spiro atoms. The van der Waals surface area contributed by atoms with Crippen LogP contribution in [0.1, 0.15) is 30.6 Å². The zero-order valence-electron chi connectivity index (χ0n) is 14.0. The number of pyridine rings is 1. The molecule has 0 saturated carbocycles. The number of hydrogen-bond donors (Lipinski definition) is 0. The van der Waals surface area contributed by atoms with E-state index < -0.39 is 0 Å². The molecule has 0 N–H and O–H groups in total. The maximum absolute atomic E-state index is 12.5. The Balaban J connectivity index is 0.00000232. The minimum Gasteiger partial charge on any atom is -0.306 e. The van der Waals surface area contributed by atoms with Gasteiger partial charge in [0.05, 0.1) is 0 Å². The molecular formula is C16H24I2N2O2S. The molecule has 1 rings (SSSR count). The molecule has 0 aliphatic rings. The number of aromatic nitrogens is 1. The first-order valence-electron chi connectivity index (χ1n) is 7.24. The summed E-state index contributed by atoms with van der Waals surface area (Å²) in [6, 6.07) is 3.95. The summed E-state index contributed by atoms with van der Waals surface area (Å²) in [6.45, 7) is 3.69. The molecule has 2 atom stereocenters. The smallest absolute Gasteiger partial charge is 0.168 e. The lowest BCUT2D eigenvalue weighted by atomic mass is 9.96. The first-order valence-corrected chi connectivity index (χ1v) is 14.7. The van der Waals surface area contributed by atoms with Crippen LogP contribution in [-0.2, 0) is 4.79 Å². The van der Waals surface area contributed by atoms with E-state index in [4.69, 9.17) is 0 Å². The first kappa shape index (κ1) is 23.3. The second-order valence-corrected chi connectivity index (χ2v) is 6.63. The third kappa shape index (κ3) is 9.98. The molecule has 0 bridgehead atoms. The number of nitrogens with zero attached hydrogens (tertiary/aromatic N) is 2. The number of halogens is 2. The summed E-state index contributed by atoms with van der Waals surface area (Å²) in [7, 11) is 4.08.